The monoisotopic (exact) mass is 905 g/mol. The van der Waals surface area contributed by atoms with Crippen LogP contribution in [0.25, 0.3) is 53.8 Å². The second kappa shape index (κ2) is 15.9. The fraction of sp³-hybridized carbons (Fsp3) is 0.292. The van der Waals surface area contributed by atoms with E-state index < -0.39 is 8.07 Å². The van der Waals surface area contributed by atoms with Gasteiger partial charge in [0.2, 0.25) is 0 Å². The summed E-state index contributed by atoms with van der Waals surface area (Å²) in [6, 6.07) is 37.2. The molecule has 1 radical (unpaired) electrons. The third-order valence-electron chi connectivity index (χ3n) is 11.0. The summed E-state index contributed by atoms with van der Waals surface area (Å²) in [6.45, 7) is 11.7. The normalized spacial score (nSPS) is 13.9. The fourth-order valence-electron chi connectivity index (χ4n) is 8.34. The van der Waals surface area contributed by atoms with Gasteiger partial charge >= 0.3 is 0 Å². The maximum absolute atomic E-state index is 4.91. The number of benzene rings is 4. The van der Waals surface area contributed by atoms with Gasteiger partial charge in [-0.1, -0.05) is 92.0 Å². The molecular weight excluding hydrogens is 857 g/mol. The minimum Gasteiger partial charge on any atom is -0.305 e. The number of hydrogen-bond donors (Lipinski definition) is 0. The van der Waals surface area contributed by atoms with Crippen molar-refractivity contribution in [3.8, 4) is 33.6 Å². The van der Waals surface area contributed by atoms with Gasteiger partial charge in [0.25, 0.3) is 0 Å². The van der Waals surface area contributed by atoms with E-state index >= 15 is 0 Å². The van der Waals surface area contributed by atoms with Gasteiger partial charge in [0.15, 0.2) is 0 Å². The molecule has 9 rings (SSSR count). The van der Waals surface area contributed by atoms with Gasteiger partial charge in [0.1, 0.15) is 0 Å². The molecule has 53 heavy (non-hydrogen) atoms. The van der Waals surface area contributed by atoms with E-state index in [1.54, 1.807) is 11.1 Å². The molecule has 0 amide bonds. The van der Waals surface area contributed by atoms with E-state index in [9.17, 15) is 0 Å². The molecule has 0 N–H and O–H groups in total. The van der Waals surface area contributed by atoms with Crippen LogP contribution in [0.3, 0.4) is 0 Å². The maximum Gasteiger partial charge on any atom is 0.0799 e. The Morgan fingerprint density at radius 3 is 2.17 bits per heavy atom. The van der Waals surface area contributed by atoms with Gasteiger partial charge < -0.3 is 9.97 Å². The largest absolute Gasteiger partial charge is 0.305 e. The van der Waals surface area contributed by atoms with Crippen LogP contribution in [-0.2, 0) is 45.8 Å². The average Bonchev–Trinajstić information content (AvgIpc) is 3.57. The molecule has 0 atom stereocenters. The number of thiophene rings is 1. The summed E-state index contributed by atoms with van der Waals surface area (Å²) < 4.78 is 2.85. The second-order valence-corrected chi connectivity index (χ2v) is 21.9. The van der Waals surface area contributed by atoms with Gasteiger partial charge in [0.05, 0.1) is 8.07 Å². The number of nitrogens with zero attached hydrogens (tertiary/aromatic N) is 2. The van der Waals surface area contributed by atoms with Crippen LogP contribution in [0, 0.1) is 12.1 Å². The topological polar surface area (TPSA) is 25.8 Å². The van der Waals surface area contributed by atoms with Gasteiger partial charge in [-0.05, 0) is 118 Å². The zero-order valence-electron chi connectivity index (χ0n) is 31.6. The first kappa shape index (κ1) is 37.6. The average molecular weight is 905 g/mol. The van der Waals surface area contributed by atoms with Crippen LogP contribution in [0.4, 0.5) is 0 Å². The van der Waals surface area contributed by atoms with E-state index in [4.69, 9.17) is 4.98 Å². The van der Waals surface area contributed by atoms with Gasteiger partial charge in [0, 0.05) is 37.2 Å². The van der Waals surface area contributed by atoms with E-state index in [1.165, 1.54) is 109 Å². The van der Waals surface area contributed by atoms with Crippen LogP contribution in [0.5, 0.6) is 0 Å². The van der Waals surface area contributed by atoms with E-state index in [1.807, 2.05) is 35.7 Å². The summed E-state index contributed by atoms with van der Waals surface area (Å²) in [6.07, 6.45) is 14.0. The summed E-state index contributed by atoms with van der Waals surface area (Å²) in [5.41, 5.74) is 14.8. The van der Waals surface area contributed by atoms with Crippen molar-refractivity contribution in [1.82, 2.24) is 9.97 Å². The Balaban J connectivity index is 0.000000187. The molecule has 0 spiro atoms. The SMILES string of the molecule is CC(C)c1cc(-c2[c-]cccc2)ncc1[Si](C)(C)C.[Ir].[c-]1ccc2c(sc3c4c(c(-c5ccccc5)cc32)CCCC4)c1-c1nccc2c1CCCC2. The third kappa shape index (κ3) is 7.51. The van der Waals surface area contributed by atoms with Gasteiger partial charge in [-0.2, -0.15) is 11.3 Å². The predicted octanol–water partition coefficient (Wildman–Crippen LogP) is 12.6. The first-order chi connectivity index (χ1) is 25.3. The Morgan fingerprint density at radius 2 is 1.43 bits per heavy atom. The third-order valence-corrected chi connectivity index (χ3v) is 14.3. The molecule has 0 saturated carbocycles. The van der Waals surface area contributed by atoms with Crippen molar-refractivity contribution in [1.29, 1.82) is 0 Å². The molecule has 0 unspecified atom stereocenters. The number of rotatable bonds is 5. The van der Waals surface area contributed by atoms with Crippen LogP contribution in [-0.4, -0.2) is 18.0 Å². The number of aryl methyl sites for hydroxylation is 2. The molecule has 2 nitrogen and oxygen atoms in total. The Kier molecular flexibility index (Phi) is 11.3. The van der Waals surface area contributed by atoms with Crippen LogP contribution in [0.2, 0.25) is 19.6 Å². The fourth-order valence-corrected chi connectivity index (χ4v) is 11.4. The number of pyridine rings is 2. The van der Waals surface area contributed by atoms with Crippen molar-refractivity contribution >= 4 is 44.8 Å². The summed E-state index contributed by atoms with van der Waals surface area (Å²) in [5, 5.41) is 4.25. The first-order valence-corrected chi connectivity index (χ1v) is 23.5. The molecule has 7 aromatic rings. The van der Waals surface area contributed by atoms with E-state index in [0.29, 0.717) is 5.92 Å². The van der Waals surface area contributed by atoms with Gasteiger partial charge in [-0.25, -0.2) is 0 Å². The van der Waals surface area contributed by atoms with Crippen molar-refractivity contribution in [2.45, 2.75) is 90.8 Å². The Labute approximate surface area is 334 Å². The summed E-state index contributed by atoms with van der Waals surface area (Å²) in [5.74, 6) is 0.534. The Hall–Kier alpha value is -3.73. The van der Waals surface area contributed by atoms with Gasteiger partial charge in [-0.3, -0.25) is 0 Å². The molecule has 4 aromatic carbocycles. The smallest absolute Gasteiger partial charge is 0.0799 e. The molecule has 2 aliphatic rings. The van der Waals surface area contributed by atoms with Crippen LogP contribution < -0.4 is 5.19 Å². The van der Waals surface area contributed by atoms with Crippen LogP contribution in [0.15, 0.2) is 97.3 Å². The number of fused-ring (bicyclic) bond motifs is 6. The minimum atomic E-state index is -1.34. The minimum absolute atomic E-state index is 0. The maximum atomic E-state index is 4.91. The quantitative estimate of drug-likeness (QED) is 0.127. The second-order valence-electron chi connectivity index (χ2n) is 15.9. The van der Waals surface area contributed by atoms with Gasteiger partial charge in [-0.15, -0.1) is 59.7 Å². The van der Waals surface area contributed by atoms with Crippen LogP contribution >= 0.6 is 11.3 Å². The van der Waals surface area contributed by atoms with E-state index in [0.717, 1.165) is 17.7 Å². The van der Waals surface area contributed by atoms with Crippen molar-refractivity contribution in [3.63, 3.8) is 0 Å². The van der Waals surface area contributed by atoms with Crippen molar-refractivity contribution in [3.05, 3.63) is 137 Å². The molecule has 0 bridgehead atoms. The number of hydrogen-bond acceptors (Lipinski definition) is 3. The summed E-state index contributed by atoms with van der Waals surface area (Å²) in [7, 11) is -1.34. The standard InChI is InChI=1S/C31H26NS.C17H22NSi.Ir/c1-2-9-20(10-3-1)27-19-28-25-15-8-16-26(29-22-12-5-4-11-21(22)17-18-32-29)30(25)33-31(28)24-14-7-6-13-23(24)27;1-13(2)15-11-16(14-9-7-6-8-10-14)18-12-17(15)19(3,4)5;/h1-3,8-10,15,17-19H,4-7,11-14H2;6-9,11-13H,1-5H3;/q2*-1;. The molecule has 2 aliphatic carbocycles. The van der Waals surface area contributed by atoms with Crippen molar-refractivity contribution in [2.75, 3.05) is 0 Å². The Bertz CT molecular complexity index is 2370. The van der Waals surface area contributed by atoms with Crippen molar-refractivity contribution < 1.29 is 20.1 Å². The zero-order valence-corrected chi connectivity index (χ0v) is 35.8. The molecule has 0 fully saturated rings. The zero-order chi connectivity index (χ0) is 35.8. The van der Waals surface area contributed by atoms with E-state index in [2.05, 4.69) is 124 Å². The summed E-state index contributed by atoms with van der Waals surface area (Å²) in [4.78, 5) is 9.57. The molecule has 0 saturated heterocycles. The molecule has 3 heterocycles. The van der Waals surface area contributed by atoms with Crippen molar-refractivity contribution in [2.24, 2.45) is 0 Å². The number of aromatic nitrogens is 2. The molecule has 3 aromatic heterocycles. The Morgan fingerprint density at radius 1 is 0.698 bits per heavy atom. The first-order valence-electron chi connectivity index (χ1n) is 19.2. The molecule has 5 heteroatoms. The van der Waals surface area contributed by atoms with E-state index in [-0.39, 0.29) is 20.1 Å². The molecule has 271 valence electrons. The molecular formula is C48H48IrN2SSi-2. The molecule has 0 aliphatic heterocycles. The predicted molar refractivity (Wildman–Crippen MR) is 226 cm³/mol. The summed E-state index contributed by atoms with van der Waals surface area (Å²) >= 11 is 1.98. The van der Waals surface area contributed by atoms with Crippen LogP contribution in [0.1, 0.15) is 73.3 Å².